The van der Waals surface area contributed by atoms with E-state index in [0.717, 1.165) is 17.7 Å². The molecule has 100 valence electrons. The largest absolute Gasteiger partial charge is 0.325 e. The number of fused-ring (bicyclic) bond motifs is 1. The molecule has 1 heterocycles. The Hall–Kier alpha value is -2.17. The molecule has 1 aliphatic heterocycles. The number of carbonyl (C=O) groups is 3. The maximum Gasteiger partial charge on any atom is 0.263 e. The summed E-state index contributed by atoms with van der Waals surface area (Å²) in [4.78, 5) is 36.6. The van der Waals surface area contributed by atoms with Gasteiger partial charge in [0.2, 0.25) is 5.91 Å². The fraction of sp³-hybridized carbons (Fsp3) is 0.357. The molecule has 5 heteroatoms. The van der Waals surface area contributed by atoms with Gasteiger partial charge in [-0.3, -0.25) is 19.3 Å². The van der Waals surface area contributed by atoms with Crippen molar-refractivity contribution in [2.75, 3.05) is 12.4 Å². The molecule has 5 nitrogen and oxygen atoms in total. The Kier molecular flexibility index (Phi) is 3.64. The summed E-state index contributed by atoms with van der Waals surface area (Å²) in [6.07, 6.45) is 2.15. The molecule has 0 unspecified atom stereocenters. The second-order valence-electron chi connectivity index (χ2n) is 4.55. The number of unbranched alkanes of at least 4 members (excludes halogenated alkanes) is 1. The molecule has 1 aliphatic rings. The number of benzene rings is 1. The zero-order valence-electron chi connectivity index (χ0n) is 11.0. The third-order valence-corrected chi connectivity index (χ3v) is 3.15. The normalized spacial score (nSPS) is 13.7. The molecule has 2 rings (SSSR count). The van der Waals surface area contributed by atoms with Crippen LogP contribution in [0.4, 0.5) is 5.69 Å². The predicted octanol–water partition coefficient (Wildman–Crippen LogP) is 2.04. The van der Waals surface area contributed by atoms with Crippen LogP contribution in [0.15, 0.2) is 18.2 Å². The van der Waals surface area contributed by atoms with Gasteiger partial charge >= 0.3 is 0 Å². The van der Waals surface area contributed by atoms with Crippen molar-refractivity contribution >= 4 is 23.4 Å². The zero-order valence-corrected chi connectivity index (χ0v) is 11.0. The second-order valence-corrected chi connectivity index (χ2v) is 4.55. The maximum atomic E-state index is 12.0. The van der Waals surface area contributed by atoms with Crippen LogP contribution in [-0.2, 0) is 4.79 Å². The van der Waals surface area contributed by atoms with Gasteiger partial charge in [-0.15, -0.1) is 0 Å². The van der Waals surface area contributed by atoms with E-state index in [2.05, 4.69) is 5.32 Å². The van der Waals surface area contributed by atoms with Crippen LogP contribution in [0.5, 0.6) is 0 Å². The van der Waals surface area contributed by atoms with Crippen LogP contribution in [-0.4, -0.2) is 29.7 Å². The first kappa shape index (κ1) is 13.3. The Balaban J connectivity index is 2.28. The monoisotopic (exact) mass is 260 g/mol. The third-order valence-electron chi connectivity index (χ3n) is 3.15. The van der Waals surface area contributed by atoms with Crippen LogP contribution in [0.25, 0.3) is 0 Å². The molecule has 0 bridgehead atoms. The van der Waals surface area contributed by atoms with Gasteiger partial charge in [-0.1, -0.05) is 19.4 Å². The summed E-state index contributed by atoms with van der Waals surface area (Å²) in [6.45, 7) is 2.00. The van der Waals surface area contributed by atoms with Gasteiger partial charge < -0.3 is 5.32 Å². The summed E-state index contributed by atoms with van der Waals surface area (Å²) >= 11 is 0. The van der Waals surface area contributed by atoms with Gasteiger partial charge in [0.1, 0.15) is 0 Å². The number of carbonyl (C=O) groups excluding carboxylic acids is 3. The molecule has 0 fully saturated rings. The Labute approximate surface area is 111 Å². The van der Waals surface area contributed by atoms with Crippen molar-refractivity contribution in [1.29, 1.82) is 0 Å². The van der Waals surface area contributed by atoms with Crippen molar-refractivity contribution in [1.82, 2.24) is 4.90 Å². The first-order valence-electron chi connectivity index (χ1n) is 6.31. The molecule has 3 amide bonds. The van der Waals surface area contributed by atoms with E-state index in [1.807, 2.05) is 6.92 Å². The summed E-state index contributed by atoms with van der Waals surface area (Å²) < 4.78 is 0. The van der Waals surface area contributed by atoms with E-state index in [1.165, 1.54) is 7.05 Å². The molecule has 0 aliphatic carbocycles. The lowest BCUT2D eigenvalue weighted by atomic mass is 10.1. The van der Waals surface area contributed by atoms with Crippen molar-refractivity contribution in [3.8, 4) is 0 Å². The Bertz CT molecular complexity index is 552. The molecular formula is C14H16N2O3. The highest BCUT2D eigenvalue weighted by molar-refractivity contribution is 6.24. The van der Waals surface area contributed by atoms with Gasteiger partial charge in [-0.05, 0) is 18.6 Å². The fourth-order valence-electron chi connectivity index (χ4n) is 2.06. The Morgan fingerprint density at radius 1 is 1.26 bits per heavy atom. The van der Waals surface area contributed by atoms with Crippen molar-refractivity contribution in [3.63, 3.8) is 0 Å². The summed E-state index contributed by atoms with van der Waals surface area (Å²) in [5, 5.41) is 2.71. The van der Waals surface area contributed by atoms with Gasteiger partial charge in [0.15, 0.2) is 0 Å². The molecule has 0 saturated heterocycles. The lowest BCUT2D eigenvalue weighted by molar-refractivity contribution is -0.116. The molecule has 1 N–H and O–H groups in total. The van der Waals surface area contributed by atoms with Crippen LogP contribution in [0, 0.1) is 0 Å². The molecule has 19 heavy (non-hydrogen) atoms. The van der Waals surface area contributed by atoms with Crippen molar-refractivity contribution < 1.29 is 14.4 Å². The Morgan fingerprint density at radius 2 is 2.00 bits per heavy atom. The van der Waals surface area contributed by atoms with Crippen LogP contribution >= 0.6 is 0 Å². The highest BCUT2D eigenvalue weighted by atomic mass is 16.2. The van der Waals surface area contributed by atoms with Gasteiger partial charge in [-0.25, -0.2) is 0 Å². The smallest absolute Gasteiger partial charge is 0.263 e. The van der Waals surface area contributed by atoms with Gasteiger partial charge in [-0.2, -0.15) is 0 Å². The van der Waals surface area contributed by atoms with E-state index in [4.69, 9.17) is 0 Å². The molecule has 0 atom stereocenters. The quantitative estimate of drug-likeness (QED) is 0.842. The number of rotatable bonds is 4. The zero-order chi connectivity index (χ0) is 14.0. The summed E-state index contributed by atoms with van der Waals surface area (Å²) in [5.41, 5.74) is 1.06. The highest BCUT2D eigenvalue weighted by Crippen LogP contribution is 2.28. The van der Waals surface area contributed by atoms with E-state index in [1.54, 1.807) is 18.2 Å². The summed E-state index contributed by atoms with van der Waals surface area (Å²) in [5.74, 6) is -0.832. The van der Waals surface area contributed by atoms with Crippen molar-refractivity contribution in [2.24, 2.45) is 0 Å². The second kappa shape index (κ2) is 5.22. The number of anilines is 1. The molecular weight excluding hydrogens is 244 g/mol. The Morgan fingerprint density at radius 3 is 2.68 bits per heavy atom. The van der Waals surface area contributed by atoms with Gasteiger partial charge in [0, 0.05) is 13.5 Å². The van der Waals surface area contributed by atoms with E-state index >= 15 is 0 Å². The lowest BCUT2D eigenvalue weighted by Gasteiger charge is -2.08. The maximum absolute atomic E-state index is 12.0. The lowest BCUT2D eigenvalue weighted by Crippen LogP contribution is -2.24. The van der Waals surface area contributed by atoms with E-state index in [9.17, 15) is 14.4 Å². The molecule has 1 aromatic rings. The minimum absolute atomic E-state index is 0.134. The molecule has 0 aromatic heterocycles. The average molecular weight is 260 g/mol. The number of nitrogens with one attached hydrogen (secondary N) is 1. The van der Waals surface area contributed by atoms with E-state index < -0.39 is 0 Å². The number of amides is 3. The van der Waals surface area contributed by atoms with Crippen LogP contribution in [0.2, 0.25) is 0 Å². The van der Waals surface area contributed by atoms with Crippen molar-refractivity contribution in [2.45, 2.75) is 26.2 Å². The minimum Gasteiger partial charge on any atom is -0.325 e. The number of imide groups is 1. The minimum atomic E-state index is -0.369. The standard InChI is InChI=1S/C14H16N2O3/c1-3-4-8-11(17)15-10-7-5-6-9-12(10)14(19)16(2)13(9)18/h5-7H,3-4,8H2,1-2H3,(H,15,17). The number of hydrogen-bond acceptors (Lipinski definition) is 3. The molecule has 0 saturated carbocycles. The van der Waals surface area contributed by atoms with E-state index in [0.29, 0.717) is 23.2 Å². The summed E-state index contributed by atoms with van der Waals surface area (Å²) in [7, 11) is 1.44. The topological polar surface area (TPSA) is 66.5 Å². The average Bonchev–Trinajstić information content (AvgIpc) is 2.62. The number of nitrogens with zero attached hydrogens (tertiary/aromatic N) is 1. The summed E-state index contributed by atoms with van der Waals surface area (Å²) in [6, 6.07) is 4.91. The first-order valence-corrected chi connectivity index (χ1v) is 6.31. The van der Waals surface area contributed by atoms with E-state index in [-0.39, 0.29) is 17.7 Å². The predicted molar refractivity (Wildman–Crippen MR) is 71.0 cm³/mol. The van der Waals surface area contributed by atoms with Gasteiger partial charge in [0.05, 0.1) is 16.8 Å². The van der Waals surface area contributed by atoms with Crippen LogP contribution < -0.4 is 5.32 Å². The van der Waals surface area contributed by atoms with Crippen LogP contribution in [0.1, 0.15) is 46.9 Å². The molecule has 0 spiro atoms. The highest BCUT2D eigenvalue weighted by Gasteiger charge is 2.34. The fourth-order valence-corrected chi connectivity index (χ4v) is 2.06. The SMILES string of the molecule is CCCCC(=O)Nc1cccc2c1C(=O)N(C)C2=O. The van der Waals surface area contributed by atoms with Crippen molar-refractivity contribution in [3.05, 3.63) is 29.3 Å². The third kappa shape index (κ3) is 2.36. The molecule has 1 aromatic carbocycles. The van der Waals surface area contributed by atoms with Crippen LogP contribution in [0.3, 0.4) is 0 Å². The molecule has 0 radical (unpaired) electrons. The number of hydrogen-bond donors (Lipinski definition) is 1. The van der Waals surface area contributed by atoms with Gasteiger partial charge in [0.25, 0.3) is 11.8 Å². The first-order chi connectivity index (χ1) is 9.06.